The van der Waals surface area contributed by atoms with Gasteiger partial charge in [0, 0.05) is 37.4 Å². The van der Waals surface area contributed by atoms with Crippen molar-refractivity contribution in [2.24, 2.45) is 0 Å². The molecule has 0 amide bonds. The van der Waals surface area contributed by atoms with Gasteiger partial charge in [-0.05, 0) is 54.0 Å². The number of rotatable bonds is 4. The van der Waals surface area contributed by atoms with Crippen LogP contribution in [0.2, 0.25) is 0 Å². The molecule has 2 aliphatic heterocycles. The molecule has 2 heterocycles. The van der Waals surface area contributed by atoms with Gasteiger partial charge in [-0.15, -0.1) is 0 Å². The second-order valence-corrected chi connectivity index (χ2v) is 8.38. The summed E-state index contributed by atoms with van der Waals surface area (Å²) in [6, 6.07) is 15.0. The number of ether oxygens (including phenoxy) is 2. The molecule has 4 nitrogen and oxygen atoms in total. The Kier molecular flexibility index (Phi) is 4.62. The maximum absolute atomic E-state index is 6.53. The van der Waals surface area contributed by atoms with E-state index in [-0.39, 0.29) is 5.41 Å². The third-order valence-corrected chi connectivity index (χ3v) is 6.22. The standard InChI is InChI=1S/C24H30N2O2/c1-23(2)21-17-20(27-5)11-12-22(21)26-15-6-16-28-24(23,26)14-13-18-7-9-19(10-8-18)25(3)4/h7-14,17H,6,15-16H2,1-5H3/b14-13+. The summed E-state index contributed by atoms with van der Waals surface area (Å²) in [5, 5.41) is 0. The normalized spacial score (nSPS) is 22.8. The highest BCUT2D eigenvalue weighted by molar-refractivity contribution is 5.71. The predicted octanol–water partition coefficient (Wildman–Crippen LogP) is 4.69. The first-order valence-corrected chi connectivity index (χ1v) is 9.96. The van der Waals surface area contributed by atoms with Crippen LogP contribution in [-0.4, -0.2) is 40.1 Å². The van der Waals surface area contributed by atoms with Gasteiger partial charge in [0.2, 0.25) is 0 Å². The van der Waals surface area contributed by atoms with Crippen LogP contribution in [0.1, 0.15) is 31.4 Å². The van der Waals surface area contributed by atoms with Gasteiger partial charge in [-0.25, -0.2) is 0 Å². The van der Waals surface area contributed by atoms with E-state index < -0.39 is 5.72 Å². The van der Waals surface area contributed by atoms with Crippen LogP contribution in [0.25, 0.3) is 6.08 Å². The number of benzene rings is 2. The van der Waals surface area contributed by atoms with E-state index in [0.717, 1.165) is 25.3 Å². The number of anilines is 2. The Morgan fingerprint density at radius 2 is 1.86 bits per heavy atom. The van der Waals surface area contributed by atoms with Crippen molar-refractivity contribution < 1.29 is 9.47 Å². The SMILES string of the molecule is COc1ccc2c(c1)C(C)(C)C1(/C=C/c3ccc(N(C)C)cc3)OCCCN21. The highest BCUT2D eigenvalue weighted by Crippen LogP contribution is 2.55. The van der Waals surface area contributed by atoms with Gasteiger partial charge in [0.05, 0.1) is 13.7 Å². The highest BCUT2D eigenvalue weighted by Gasteiger charge is 2.57. The average molecular weight is 379 g/mol. The van der Waals surface area contributed by atoms with Crippen LogP contribution in [0.5, 0.6) is 5.75 Å². The maximum atomic E-state index is 6.53. The molecular weight excluding hydrogens is 348 g/mol. The number of methoxy groups -OCH3 is 1. The van der Waals surface area contributed by atoms with E-state index in [1.54, 1.807) is 7.11 Å². The van der Waals surface area contributed by atoms with Crippen molar-refractivity contribution in [3.05, 3.63) is 59.7 Å². The van der Waals surface area contributed by atoms with Gasteiger partial charge >= 0.3 is 0 Å². The monoisotopic (exact) mass is 378 g/mol. The molecule has 2 aromatic rings. The lowest BCUT2D eigenvalue weighted by atomic mass is 9.76. The molecule has 1 saturated heterocycles. The minimum absolute atomic E-state index is 0.197. The summed E-state index contributed by atoms with van der Waals surface area (Å²) in [6.45, 7) is 6.31. The molecule has 4 heteroatoms. The van der Waals surface area contributed by atoms with Crippen molar-refractivity contribution in [2.45, 2.75) is 31.4 Å². The zero-order valence-corrected chi connectivity index (χ0v) is 17.5. The fourth-order valence-corrected chi connectivity index (χ4v) is 4.52. The molecule has 2 aromatic carbocycles. The van der Waals surface area contributed by atoms with Gasteiger partial charge in [0.25, 0.3) is 0 Å². The number of nitrogens with zero attached hydrogens (tertiary/aromatic N) is 2. The van der Waals surface area contributed by atoms with Crippen LogP contribution in [-0.2, 0) is 10.2 Å². The molecular formula is C24H30N2O2. The molecule has 0 bridgehead atoms. The Balaban J connectivity index is 1.75. The zero-order valence-electron chi connectivity index (χ0n) is 17.5. The van der Waals surface area contributed by atoms with Crippen molar-refractivity contribution in [3.8, 4) is 5.75 Å². The van der Waals surface area contributed by atoms with Crippen LogP contribution in [0.15, 0.2) is 48.5 Å². The largest absolute Gasteiger partial charge is 0.497 e. The van der Waals surface area contributed by atoms with Crippen LogP contribution < -0.4 is 14.5 Å². The van der Waals surface area contributed by atoms with E-state index in [1.165, 1.54) is 22.5 Å². The summed E-state index contributed by atoms with van der Waals surface area (Å²) in [4.78, 5) is 4.54. The van der Waals surface area contributed by atoms with Crippen molar-refractivity contribution in [3.63, 3.8) is 0 Å². The van der Waals surface area contributed by atoms with Crippen LogP contribution in [0, 0.1) is 0 Å². The molecule has 0 aromatic heterocycles. The molecule has 0 spiro atoms. The van der Waals surface area contributed by atoms with Crippen LogP contribution >= 0.6 is 0 Å². The molecule has 2 aliphatic rings. The lowest BCUT2D eigenvalue weighted by Crippen LogP contribution is -2.59. The molecule has 0 saturated carbocycles. The number of hydrogen-bond acceptors (Lipinski definition) is 4. The van der Waals surface area contributed by atoms with E-state index in [2.05, 4.69) is 86.3 Å². The fraction of sp³-hybridized carbons (Fsp3) is 0.417. The Bertz CT molecular complexity index is 886. The van der Waals surface area contributed by atoms with Crippen molar-refractivity contribution in [2.75, 3.05) is 44.2 Å². The molecule has 0 aliphatic carbocycles. The van der Waals surface area contributed by atoms with Crippen LogP contribution in [0.3, 0.4) is 0 Å². The Morgan fingerprint density at radius 1 is 1.11 bits per heavy atom. The topological polar surface area (TPSA) is 24.9 Å². The number of hydrogen-bond donors (Lipinski definition) is 0. The summed E-state index contributed by atoms with van der Waals surface area (Å²) in [6.07, 6.45) is 5.49. The third-order valence-electron chi connectivity index (χ3n) is 6.22. The zero-order chi connectivity index (χ0) is 19.9. The van der Waals surface area contributed by atoms with Gasteiger partial charge < -0.3 is 19.3 Å². The van der Waals surface area contributed by atoms with Crippen molar-refractivity contribution >= 4 is 17.5 Å². The molecule has 4 rings (SSSR count). The van der Waals surface area contributed by atoms with Gasteiger partial charge in [0.1, 0.15) is 5.75 Å². The minimum Gasteiger partial charge on any atom is -0.497 e. The van der Waals surface area contributed by atoms with Gasteiger partial charge in [-0.3, -0.25) is 0 Å². The Morgan fingerprint density at radius 3 is 2.54 bits per heavy atom. The predicted molar refractivity (Wildman–Crippen MR) is 116 cm³/mol. The molecule has 0 radical (unpaired) electrons. The molecule has 148 valence electrons. The van der Waals surface area contributed by atoms with E-state index in [9.17, 15) is 0 Å². The van der Waals surface area contributed by atoms with Crippen molar-refractivity contribution in [1.82, 2.24) is 0 Å². The quantitative estimate of drug-likeness (QED) is 0.771. The Labute approximate surface area is 168 Å². The maximum Gasteiger partial charge on any atom is 0.169 e. The summed E-state index contributed by atoms with van der Waals surface area (Å²) in [7, 11) is 5.84. The first kappa shape index (κ1) is 18.9. The lowest BCUT2D eigenvalue weighted by molar-refractivity contribution is -0.0683. The summed E-state index contributed by atoms with van der Waals surface area (Å²) in [5.41, 5.74) is 4.22. The van der Waals surface area contributed by atoms with E-state index in [0.29, 0.717) is 0 Å². The lowest BCUT2D eigenvalue weighted by Gasteiger charge is -2.48. The Hall–Kier alpha value is -2.46. The second-order valence-electron chi connectivity index (χ2n) is 8.38. The summed E-state index contributed by atoms with van der Waals surface area (Å²) < 4.78 is 12.0. The second kappa shape index (κ2) is 6.85. The van der Waals surface area contributed by atoms with Gasteiger partial charge in [-0.1, -0.05) is 32.1 Å². The summed E-state index contributed by atoms with van der Waals surface area (Å²) >= 11 is 0. The average Bonchev–Trinajstić information content (AvgIpc) is 2.91. The summed E-state index contributed by atoms with van der Waals surface area (Å²) in [5.74, 6) is 0.894. The van der Waals surface area contributed by atoms with Gasteiger partial charge in [-0.2, -0.15) is 0 Å². The number of fused-ring (bicyclic) bond motifs is 3. The molecule has 1 fully saturated rings. The molecule has 1 unspecified atom stereocenters. The minimum atomic E-state index is -0.486. The molecule has 1 atom stereocenters. The highest BCUT2D eigenvalue weighted by atomic mass is 16.5. The van der Waals surface area contributed by atoms with Crippen LogP contribution in [0.4, 0.5) is 11.4 Å². The van der Waals surface area contributed by atoms with E-state index in [1.807, 2.05) is 6.07 Å². The van der Waals surface area contributed by atoms with E-state index in [4.69, 9.17) is 9.47 Å². The van der Waals surface area contributed by atoms with Gasteiger partial charge in [0.15, 0.2) is 5.72 Å². The first-order valence-electron chi connectivity index (χ1n) is 9.96. The first-order chi connectivity index (χ1) is 13.4. The smallest absolute Gasteiger partial charge is 0.169 e. The fourth-order valence-electron chi connectivity index (χ4n) is 4.52. The third kappa shape index (κ3) is 2.78. The van der Waals surface area contributed by atoms with Crippen molar-refractivity contribution in [1.29, 1.82) is 0 Å². The molecule has 0 N–H and O–H groups in total. The van der Waals surface area contributed by atoms with E-state index >= 15 is 0 Å². The molecule has 28 heavy (non-hydrogen) atoms.